The molecule has 1 unspecified atom stereocenters. The number of nitrogens with zero attached hydrogens (tertiary/aromatic N) is 1. The molecule has 0 saturated heterocycles. The summed E-state index contributed by atoms with van der Waals surface area (Å²) < 4.78 is 5.33. The number of fused-ring (bicyclic) bond motifs is 6. The van der Waals surface area contributed by atoms with E-state index in [0.717, 1.165) is 6.42 Å². The number of halogens is 2. The van der Waals surface area contributed by atoms with Crippen LogP contribution in [0.1, 0.15) is 24.6 Å². The lowest BCUT2D eigenvalue weighted by Gasteiger charge is -2.25. The fourth-order valence-electron chi connectivity index (χ4n) is 4.14. The van der Waals surface area contributed by atoms with E-state index in [0.29, 0.717) is 0 Å². The first kappa shape index (κ1) is 16.3. The molecule has 3 aromatic rings. The smallest absolute Gasteiger partial charge is 0.0800 e. The highest BCUT2D eigenvalue weighted by molar-refractivity contribution is 14.1. The van der Waals surface area contributed by atoms with Crippen molar-refractivity contribution in [2.24, 2.45) is 0 Å². The fraction of sp³-hybridized carbons (Fsp3) is 0.333. The van der Waals surface area contributed by atoms with Gasteiger partial charge in [-0.25, -0.2) is 0 Å². The van der Waals surface area contributed by atoms with Crippen LogP contribution in [-0.4, -0.2) is 20.9 Å². The number of hydrogen-bond donors (Lipinski definition) is 1. The first-order valence-electron chi connectivity index (χ1n) is 7.99. The lowest BCUT2D eigenvalue weighted by molar-refractivity contribution is 0.867. The van der Waals surface area contributed by atoms with E-state index in [-0.39, 0.29) is 3.42 Å². The number of allylic oxidation sites excluding steroid dienone is 2. The van der Waals surface area contributed by atoms with Crippen LogP contribution in [0.2, 0.25) is 0 Å². The minimum Gasteiger partial charge on any atom is -0.328 e. The van der Waals surface area contributed by atoms with Crippen LogP contribution in [-0.2, 0) is 6.42 Å². The van der Waals surface area contributed by atoms with Gasteiger partial charge in [0.25, 0.3) is 0 Å². The van der Waals surface area contributed by atoms with Crippen LogP contribution in [0.5, 0.6) is 0 Å². The molecule has 124 valence electrons. The SMILES string of the molecule is CNn1c2c(c3ccc4scc(I)c4c31)CCC1=C2C(C)(I)CS1. The second-order valence-electron chi connectivity index (χ2n) is 6.59. The maximum absolute atomic E-state index is 3.51. The average molecular weight is 578 g/mol. The Morgan fingerprint density at radius 1 is 1.29 bits per heavy atom. The summed E-state index contributed by atoms with van der Waals surface area (Å²) >= 11 is 9.06. The van der Waals surface area contributed by atoms with E-state index in [2.05, 4.69) is 98.5 Å². The number of thiophene rings is 1. The van der Waals surface area contributed by atoms with Gasteiger partial charge in [-0.2, -0.15) is 0 Å². The number of aryl methyl sites for hydroxylation is 1. The Labute approximate surface area is 176 Å². The largest absolute Gasteiger partial charge is 0.328 e. The van der Waals surface area contributed by atoms with E-state index in [1.807, 2.05) is 11.3 Å². The molecule has 0 fully saturated rings. The molecule has 1 aromatic carbocycles. The fourth-order valence-corrected chi connectivity index (χ4v) is 8.60. The highest BCUT2D eigenvalue weighted by Gasteiger charge is 2.41. The standard InChI is InChI=1S/C18H16I2N2S2/c1-18(20)8-24-13-6-4-10-9-3-5-12-14(11(19)7-23-12)16(9)22(21-2)17(10)15(13)18/h3,5,7,21H,4,6,8H2,1-2H3. The van der Waals surface area contributed by atoms with E-state index in [1.165, 1.54) is 48.0 Å². The van der Waals surface area contributed by atoms with E-state index >= 15 is 0 Å². The number of benzene rings is 1. The van der Waals surface area contributed by atoms with Gasteiger partial charge in [0.2, 0.25) is 0 Å². The van der Waals surface area contributed by atoms with Crippen molar-refractivity contribution in [2.75, 3.05) is 18.2 Å². The molecule has 1 aliphatic heterocycles. The summed E-state index contributed by atoms with van der Waals surface area (Å²) in [5, 5.41) is 5.11. The summed E-state index contributed by atoms with van der Waals surface area (Å²) in [6.07, 6.45) is 2.36. The molecule has 24 heavy (non-hydrogen) atoms. The van der Waals surface area contributed by atoms with Crippen LogP contribution in [0.4, 0.5) is 0 Å². The molecule has 6 heteroatoms. The zero-order chi connectivity index (χ0) is 16.6. The van der Waals surface area contributed by atoms with Gasteiger partial charge in [-0.05, 0) is 58.9 Å². The summed E-state index contributed by atoms with van der Waals surface area (Å²) in [5.41, 5.74) is 9.41. The maximum atomic E-state index is 3.51. The topological polar surface area (TPSA) is 17.0 Å². The number of nitrogens with one attached hydrogen (secondary N) is 1. The molecule has 1 aliphatic carbocycles. The summed E-state index contributed by atoms with van der Waals surface area (Å²) in [6, 6.07) is 4.65. The van der Waals surface area contributed by atoms with Crippen LogP contribution in [0.25, 0.3) is 26.6 Å². The van der Waals surface area contributed by atoms with Gasteiger partial charge in [0.05, 0.1) is 14.6 Å². The van der Waals surface area contributed by atoms with Crippen molar-refractivity contribution in [3.05, 3.63) is 37.2 Å². The van der Waals surface area contributed by atoms with E-state index in [9.17, 15) is 0 Å². The molecule has 1 atom stereocenters. The second-order valence-corrected chi connectivity index (χ2v) is 12.1. The Morgan fingerprint density at radius 3 is 2.92 bits per heavy atom. The first-order chi connectivity index (χ1) is 11.5. The summed E-state index contributed by atoms with van der Waals surface area (Å²) in [5.74, 6) is 1.19. The molecule has 0 saturated carbocycles. The van der Waals surface area contributed by atoms with E-state index in [1.54, 1.807) is 10.5 Å². The summed E-state index contributed by atoms with van der Waals surface area (Å²) in [6.45, 7) is 2.39. The van der Waals surface area contributed by atoms with Gasteiger partial charge < -0.3 is 5.43 Å². The van der Waals surface area contributed by atoms with E-state index in [4.69, 9.17) is 0 Å². The molecule has 0 amide bonds. The van der Waals surface area contributed by atoms with Gasteiger partial charge in [-0.3, -0.25) is 4.68 Å². The Bertz CT molecular complexity index is 1040. The normalized spacial score (nSPS) is 23.2. The number of alkyl halides is 1. The minimum absolute atomic E-state index is 0.219. The highest BCUT2D eigenvalue weighted by Crippen LogP contribution is 2.55. The molecule has 0 bridgehead atoms. The van der Waals surface area contributed by atoms with Gasteiger partial charge in [0.15, 0.2) is 0 Å². The molecule has 2 nitrogen and oxygen atoms in total. The highest BCUT2D eigenvalue weighted by atomic mass is 127. The van der Waals surface area contributed by atoms with Crippen molar-refractivity contribution in [1.82, 2.24) is 4.68 Å². The van der Waals surface area contributed by atoms with Gasteiger partial charge in [-0.1, -0.05) is 28.7 Å². The Hall–Kier alpha value is 0.0700. The van der Waals surface area contributed by atoms with Gasteiger partial charge in [-0.15, -0.1) is 23.1 Å². The molecular formula is C18H16I2N2S2. The second kappa shape index (κ2) is 5.53. The van der Waals surface area contributed by atoms with Crippen molar-refractivity contribution in [3.63, 3.8) is 0 Å². The monoisotopic (exact) mass is 578 g/mol. The number of thioether (sulfide) groups is 1. The molecule has 0 spiro atoms. The van der Waals surface area contributed by atoms with Crippen molar-refractivity contribution >= 4 is 94.8 Å². The maximum Gasteiger partial charge on any atom is 0.0800 e. The third kappa shape index (κ3) is 2.05. The van der Waals surface area contributed by atoms with Crippen LogP contribution in [0, 0.1) is 3.57 Å². The van der Waals surface area contributed by atoms with Crippen LogP contribution in [0.3, 0.4) is 0 Å². The van der Waals surface area contributed by atoms with Crippen molar-refractivity contribution in [1.29, 1.82) is 0 Å². The lowest BCUT2D eigenvalue weighted by atomic mass is 9.89. The number of hydrogen-bond acceptors (Lipinski definition) is 3. The minimum atomic E-state index is 0.219. The molecular weight excluding hydrogens is 562 g/mol. The predicted molar refractivity (Wildman–Crippen MR) is 125 cm³/mol. The Morgan fingerprint density at radius 2 is 2.12 bits per heavy atom. The predicted octanol–water partition coefficient (Wildman–Crippen LogP) is 6.23. The zero-order valence-corrected chi connectivity index (χ0v) is 19.3. The lowest BCUT2D eigenvalue weighted by Crippen LogP contribution is -2.23. The van der Waals surface area contributed by atoms with E-state index < -0.39 is 0 Å². The van der Waals surface area contributed by atoms with Gasteiger partial charge in [0.1, 0.15) is 0 Å². The van der Waals surface area contributed by atoms with Crippen LogP contribution in [0.15, 0.2) is 22.4 Å². The van der Waals surface area contributed by atoms with Crippen LogP contribution < -0.4 is 5.43 Å². The first-order valence-corrected chi connectivity index (χ1v) is 12.0. The molecule has 3 heterocycles. The zero-order valence-electron chi connectivity index (χ0n) is 13.4. The van der Waals surface area contributed by atoms with Crippen molar-refractivity contribution in [3.8, 4) is 0 Å². The molecule has 5 rings (SSSR count). The third-order valence-corrected chi connectivity index (χ3v) is 10.2. The van der Waals surface area contributed by atoms with Gasteiger partial charge >= 0.3 is 0 Å². The number of rotatable bonds is 1. The van der Waals surface area contributed by atoms with Crippen molar-refractivity contribution in [2.45, 2.75) is 23.2 Å². The summed E-state index contributed by atoms with van der Waals surface area (Å²) in [4.78, 5) is 1.61. The Balaban J connectivity index is 1.97. The molecule has 0 radical (unpaired) electrons. The van der Waals surface area contributed by atoms with Crippen LogP contribution >= 0.6 is 68.3 Å². The number of aromatic nitrogens is 1. The molecule has 1 N–H and O–H groups in total. The Kier molecular flexibility index (Phi) is 3.75. The van der Waals surface area contributed by atoms with Gasteiger partial charge in [0, 0.05) is 42.8 Å². The third-order valence-electron chi connectivity index (χ3n) is 5.11. The summed E-state index contributed by atoms with van der Waals surface area (Å²) in [7, 11) is 2.05. The molecule has 2 aliphatic rings. The van der Waals surface area contributed by atoms with Crippen molar-refractivity contribution < 1.29 is 0 Å². The molecule has 2 aromatic heterocycles. The quantitative estimate of drug-likeness (QED) is 0.273. The average Bonchev–Trinajstić information content (AvgIpc) is 3.19.